The van der Waals surface area contributed by atoms with Crippen molar-refractivity contribution in [2.24, 2.45) is 0 Å². The first-order valence-electron chi connectivity index (χ1n) is 8.33. The van der Waals surface area contributed by atoms with Crippen LogP contribution in [0.15, 0.2) is 54.6 Å². The lowest BCUT2D eigenvalue weighted by atomic mass is 10.1. The van der Waals surface area contributed by atoms with E-state index in [4.69, 9.17) is 0 Å². The van der Waals surface area contributed by atoms with E-state index >= 15 is 0 Å². The smallest absolute Gasteiger partial charge is 0.304 e. The van der Waals surface area contributed by atoms with Gasteiger partial charge in [0.25, 0.3) is 0 Å². The van der Waals surface area contributed by atoms with Crippen molar-refractivity contribution in [3.05, 3.63) is 65.7 Å². The Bertz CT molecular complexity index is 834. The van der Waals surface area contributed by atoms with Crippen molar-refractivity contribution in [3.63, 3.8) is 0 Å². The molecule has 1 amide bonds. The molecule has 1 unspecified atom stereocenters. The van der Waals surface area contributed by atoms with Gasteiger partial charge in [0.1, 0.15) is 6.54 Å². The zero-order valence-corrected chi connectivity index (χ0v) is 16.3. The van der Waals surface area contributed by atoms with Crippen LogP contribution in [-0.2, 0) is 15.0 Å². The summed E-state index contributed by atoms with van der Waals surface area (Å²) in [6.07, 6.45) is 0. The van der Waals surface area contributed by atoms with Crippen LogP contribution in [0, 0.1) is 6.92 Å². The van der Waals surface area contributed by atoms with Gasteiger partial charge in [-0.3, -0.25) is 4.79 Å². The molecule has 2 aromatic carbocycles. The van der Waals surface area contributed by atoms with Gasteiger partial charge >= 0.3 is 10.2 Å². The third-order valence-corrected chi connectivity index (χ3v) is 5.85. The molecule has 0 aromatic heterocycles. The minimum absolute atomic E-state index is 0.217. The molecule has 2 aromatic rings. The number of nitrogens with one attached hydrogen (secondary N) is 1. The van der Waals surface area contributed by atoms with E-state index in [1.54, 1.807) is 12.1 Å². The van der Waals surface area contributed by atoms with Crippen molar-refractivity contribution in [3.8, 4) is 0 Å². The molecule has 26 heavy (non-hydrogen) atoms. The van der Waals surface area contributed by atoms with Gasteiger partial charge in [-0.25, -0.2) is 4.31 Å². The average molecular weight is 375 g/mol. The van der Waals surface area contributed by atoms with Gasteiger partial charge in [-0.2, -0.15) is 12.7 Å². The lowest BCUT2D eigenvalue weighted by molar-refractivity contribution is -0.120. The number of hydrogen-bond acceptors (Lipinski definition) is 3. The third kappa shape index (κ3) is 4.83. The maximum absolute atomic E-state index is 12.7. The van der Waals surface area contributed by atoms with Crippen molar-refractivity contribution in [1.29, 1.82) is 0 Å². The number of nitrogens with zero attached hydrogens (tertiary/aromatic N) is 2. The van der Waals surface area contributed by atoms with Crippen LogP contribution in [0.25, 0.3) is 0 Å². The standard InChI is InChI=1S/C19H25N3O3S/c1-15-10-12-18(13-11-15)22(26(24,25)21(3)4)14-19(23)20-16(2)17-8-6-5-7-9-17/h5-13,16H,14H2,1-4H3,(H,20,23). The minimum Gasteiger partial charge on any atom is -0.348 e. The van der Waals surface area contributed by atoms with E-state index in [1.165, 1.54) is 14.1 Å². The fourth-order valence-electron chi connectivity index (χ4n) is 2.46. The number of hydrogen-bond donors (Lipinski definition) is 1. The Labute approximate surface area is 155 Å². The molecule has 2 rings (SSSR count). The highest BCUT2D eigenvalue weighted by atomic mass is 32.2. The zero-order valence-electron chi connectivity index (χ0n) is 15.5. The molecular weight excluding hydrogens is 350 g/mol. The van der Waals surface area contributed by atoms with Crippen molar-refractivity contribution in [1.82, 2.24) is 9.62 Å². The molecule has 0 fully saturated rings. The number of anilines is 1. The molecule has 1 N–H and O–H groups in total. The van der Waals surface area contributed by atoms with Gasteiger partial charge in [0.2, 0.25) is 5.91 Å². The first kappa shape index (κ1) is 19.9. The van der Waals surface area contributed by atoms with E-state index < -0.39 is 10.2 Å². The lowest BCUT2D eigenvalue weighted by Crippen LogP contribution is -2.46. The van der Waals surface area contributed by atoms with Crippen LogP contribution in [0.3, 0.4) is 0 Å². The highest BCUT2D eigenvalue weighted by Crippen LogP contribution is 2.20. The van der Waals surface area contributed by atoms with Gasteiger partial charge in [0.15, 0.2) is 0 Å². The number of aryl methyl sites for hydroxylation is 1. The van der Waals surface area contributed by atoms with Crippen LogP contribution < -0.4 is 9.62 Å². The van der Waals surface area contributed by atoms with E-state index in [9.17, 15) is 13.2 Å². The number of benzene rings is 2. The molecule has 0 spiro atoms. The van der Waals surface area contributed by atoms with E-state index in [2.05, 4.69) is 5.32 Å². The summed E-state index contributed by atoms with van der Waals surface area (Å²) < 4.78 is 27.6. The molecular formula is C19H25N3O3S. The van der Waals surface area contributed by atoms with Crippen LogP contribution in [0.5, 0.6) is 0 Å². The number of carbonyl (C=O) groups excluding carboxylic acids is 1. The van der Waals surface area contributed by atoms with E-state index in [0.29, 0.717) is 5.69 Å². The molecule has 140 valence electrons. The average Bonchev–Trinajstić information content (AvgIpc) is 2.61. The monoisotopic (exact) mass is 375 g/mol. The van der Waals surface area contributed by atoms with Crippen molar-refractivity contribution in [2.45, 2.75) is 19.9 Å². The second-order valence-electron chi connectivity index (χ2n) is 6.33. The van der Waals surface area contributed by atoms with Crippen molar-refractivity contribution >= 4 is 21.8 Å². The maximum Gasteiger partial charge on any atom is 0.304 e. The van der Waals surface area contributed by atoms with Gasteiger partial charge in [-0.1, -0.05) is 48.0 Å². The van der Waals surface area contributed by atoms with Gasteiger partial charge in [0, 0.05) is 14.1 Å². The Balaban J connectivity index is 2.21. The maximum atomic E-state index is 12.7. The first-order valence-corrected chi connectivity index (χ1v) is 9.72. The summed E-state index contributed by atoms with van der Waals surface area (Å²) in [6, 6.07) is 16.3. The van der Waals surface area contributed by atoms with Crippen LogP contribution in [0.1, 0.15) is 24.1 Å². The van der Waals surface area contributed by atoms with Gasteiger partial charge in [-0.05, 0) is 31.5 Å². The Morgan fingerprint density at radius 2 is 1.62 bits per heavy atom. The SMILES string of the molecule is Cc1ccc(N(CC(=O)NC(C)c2ccccc2)S(=O)(=O)N(C)C)cc1. The molecule has 6 nitrogen and oxygen atoms in total. The molecule has 1 atom stereocenters. The Kier molecular flexibility index (Phi) is 6.39. The number of rotatable bonds is 7. The Hall–Kier alpha value is -2.38. The zero-order chi connectivity index (χ0) is 19.3. The van der Waals surface area contributed by atoms with Crippen LogP contribution in [-0.4, -0.2) is 39.3 Å². The molecule has 0 heterocycles. The molecule has 0 aliphatic rings. The van der Waals surface area contributed by atoms with Crippen LogP contribution in [0.2, 0.25) is 0 Å². The molecule has 0 aliphatic heterocycles. The molecule has 0 bridgehead atoms. The summed E-state index contributed by atoms with van der Waals surface area (Å²) in [7, 11) is -0.904. The molecule has 0 radical (unpaired) electrons. The molecule has 0 saturated heterocycles. The van der Waals surface area contributed by atoms with Crippen LogP contribution in [0.4, 0.5) is 5.69 Å². The van der Waals surface area contributed by atoms with Gasteiger partial charge < -0.3 is 5.32 Å². The summed E-state index contributed by atoms with van der Waals surface area (Å²) >= 11 is 0. The summed E-state index contributed by atoms with van der Waals surface area (Å²) in [6.45, 7) is 3.49. The quantitative estimate of drug-likeness (QED) is 0.808. The first-order chi connectivity index (χ1) is 12.2. The lowest BCUT2D eigenvalue weighted by Gasteiger charge is -2.27. The molecule has 7 heteroatoms. The Morgan fingerprint density at radius 3 is 2.15 bits per heavy atom. The van der Waals surface area contributed by atoms with Crippen LogP contribution >= 0.6 is 0 Å². The van der Waals surface area contributed by atoms with Crippen molar-refractivity contribution in [2.75, 3.05) is 24.9 Å². The summed E-state index contributed by atoms with van der Waals surface area (Å²) in [4.78, 5) is 12.5. The van der Waals surface area contributed by atoms with Gasteiger partial charge in [-0.15, -0.1) is 0 Å². The third-order valence-electron chi connectivity index (χ3n) is 4.03. The Morgan fingerprint density at radius 1 is 1.04 bits per heavy atom. The number of carbonyl (C=O) groups is 1. The fourth-order valence-corrected chi connectivity index (χ4v) is 3.52. The van der Waals surface area contributed by atoms with Crippen molar-refractivity contribution < 1.29 is 13.2 Å². The van der Waals surface area contributed by atoms with E-state index in [1.807, 2.05) is 56.3 Å². The summed E-state index contributed by atoms with van der Waals surface area (Å²) in [5.41, 5.74) is 2.42. The largest absolute Gasteiger partial charge is 0.348 e. The fraction of sp³-hybridized carbons (Fsp3) is 0.316. The minimum atomic E-state index is -3.79. The predicted octanol–water partition coefficient (Wildman–Crippen LogP) is 2.49. The topological polar surface area (TPSA) is 69.7 Å². The highest BCUT2D eigenvalue weighted by molar-refractivity contribution is 7.90. The predicted molar refractivity (Wildman–Crippen MR) is 104 cm³/mol. The second kappa shape index (κ2) is 8.33. The summed E-state index contributed by atoms with van der Waals surface area (Å²) in [5.74, 6) is -0.368. The van der Waals surface area contributed by atoms with E-state index in [0.717, 1.165) is 19.7 Å². The van der Waals surface area contributed by atoms with E-state index in [-0.39, 0.29) is 18.5 Å². The number of amides is 1. The second-order valence-corrected chi connectivity index (χ2v) is 8.40. The normalized spacial score (nSPS) is 12.7. The van der Waals surface area contributed by atoms with Gasteiger partial charge in [0.05, 0.1) is 11.7 Å². The molecule has 0 aliphatic carbocycles. The summed E-state index contributed by atoms with van der Waals surface area (Å²) in [5, 5.41) is 2.86. The molecule has 0 saturated carbocycles. The highest BCUT2D eigenvalue weighted by Gasteiger charge is 2.27.